The van der Waals surface area contributed by atoms with Crippen molar-refractivity contribution >= 4 is 29.2 Å². The van der Waals surface area contributed by atoms with Crippen LogP contribution in [0.15, 0.2) is 60.3 Å². The number of methoxy groups -OCH3 is 3. The summed E-state index contributed by atoms with van der Waals surface area (Å²) in [7, 11) is 3.89. The normalized spacial score (nSPS) is 10.6. The van der Waals surface area contributed by atoms with Crippen molar-refractivity contribution in [1.29, 1.82) is 0 Å². The number of benzene rings is 2. The van der Waals surface area contributed by atoms with Gasteiger partial charge in [-0.05, 0) is 24.3 Å². The van der Waals surface area contributed by atoms with Crippen molar-refractivity contribution in [3.8, 4) is 5.75 Å². The molecule has 0 aromatic heterocycles. The van der Waals surface area contributed by atoms with Crippen molar-refractivity contribution in [2.45, 2.75) is 0 Å². The second kappa shape index (κ2) is 9.77. The predicted octanol–water partition coefficient (Wildman–Crippen LogP) is 2.59. The van der Waals surface area contributed by atoms with Crippen LogP contribution in [-0.2, 0) is 19.1 Å². The van der Waals surface area contributed by atoms with E-state index in [1.807, 2.05) is 0 Å². The zero-order chi connectivity index (χ0) is 20.5. The number of carbonyl (C=O) groups is 3. The lowest BCUT2D eigenvalue weighted by Gasteiger charge is -2.14. The zero-order valence-electron chi connectivity index (χ0n) is 15.6. The van der Waals surface area contributed by atoms with E-state index in [4.69, 9.17) is 4.74 Å². The zero-order valence-corrected chi connectivity index (χ0v) is 15.6. The first-order valence-corrected chi connectivity index (χ1v) is 8.18. The molecule has 1 amide bonds. The quantitative estimate of drug-likeness (QED) is 0.559. The second-order valence-corrected chi connectivity index (χ2v) is 5.43. The van der Waals surface area contributed by atoms with Gasteiger partial charge in [-0.3, -0.25) is 4.79 Å². The molecule has 28 heavy (non-hydrogen) atoms. The van der Waals surface area contributed by atoms with Crippen LogP contribution in [-0.4, -0.2) is 39.2 Å². The van der Waals surface area contributed by atoms with Gasteiger partial charge in [0, 0.05) is 11.8 Å². The van der Waals surface area contributed by atoms with Crippen LogP contribution in [0.25, 0.3) is 0 Å². The van der Waals surface area contributed by atoms with Gasteiger partial charge in [0.15, 0.2) is 0 Å². The van der Waals surface area contributed by atoms with Gasteiger partial charge >= 0.3 is 11.9 Å². The van der Waals surface area contributed by atoms with Crippen molar-refractivity contribution in [3.63, 3.8) is 0 Å². The maximum Gasteiger partial charge on any atom is 0.354 e. The molecule has 0 fully saturated rings. The average Bonchev–Trinajstić information content (AvgIpc) is 2.72. The molecule has 0 saturated carbocycles. The number of ether oxygens (including phenoxy) is 3. The van der Waals surface area contributed by atoms with E-state index >= 15 is 0 Å². The number of anilines is 2. The SMILES string of the molecule is COC(=O)/C=C(/Nc1ccccc1C(=O)Nc1cccc(OC)c1)C(=O)OC. The van der Waals surface area contributed by atoms with E-state index in [-0.39, 0.29) is 11.3 Å². The molecule has 2 aromatic rings. The third-order valence-corrected chi connectivity index (χ3v) is 3.64. The summed E-state index contributed by atoms with van der Waals surface area (Å²) in [4.78, 5) is 36.2. The highest BCUT2D eigenvalue weighted by Gasteiger charge is 2.17. The first kappa shape index (κ1) is 20.5. The summed E-state index contributed by atoms with van der Waals surface area (Å²) in [6, 6.07) is 13.4. The molecule has 0 unspecified atom stereocenters. The minimum absolute atomic E-state index is 0.170. The van der Waals surface area contributed by atoms with Crippen molar-refractivity contribution in [2.75, 3.05) is 32.0 Å². The summed E-state index contributed by atoms with van der Waals surface area (Å²) < 4.78 is 14.3. The van der Waals surface area contributed by atoms with Crippen LogP contribution in [0.5, 0.6) is 5.75 Å². The Morgan fingerprint density at radius 1 is 0.893 bits per heavy atom. The lowest BCUT2D eigenvalue weighted by molar-refractivity contribution is -0.138. The molecule has 0 radical (unpaired) electrons. The largest absolute Gasteiger partial charge is 0.497 e. The van der Waals surface area contributed by atoms with E-state index in [2.05, 4.69) is 20.1 Å². The Morgan fingerprint density at radius 2 is 1.64 bits per heavy atom. The van der Waals surface area contributed by atoms with Gasteiger partial charge in [0.2, 0.25) is 0 Å². The standard InChI is InChI=1S/C20H20N2O6/c1-26-14-8-6-7-13(11-14)21-19(24)15-9-4-5-10-16(15)22-17(20(25)28-3)12-18(23)27-2/h4-12,22H,1-3H3,(H,21,24)/b17-12+. The fourth-order valence-electron chi connectivity index (χ4n) is 2.27. The minimum atomic E-state index is -0.784. The maximum absolute atomic E-state index is 12.7. The van der Waals surface area contributed by atoms with Crippen LogP contribution >= 0.6 is 0 Å². The van der Waals surface area contributed by atoms with Crippen LogP contribution < -0.4 is 15.4 Å². The van der Waals surface area contributed by atoms with Crippen molar-refractivity contribution < 1.29 is 28.6 Å². The van der Waals surface area contributed by atoms with E-state index in [0.717, 1.165) is 6.08 Å². The fraction of sp³-hybridized carbons (Fsp3) is 0.150. The van der Waals surface area contributed by atoms with E-state index in [1.54, 1.807) is 48.5 Å². The summed E-state index contributed by atoms with van der Waals surface area (Å²) >= 11 is 0. The molecule has 2 rings (SSSR count). The lowest BCUT2D eigenvalue weighted by Crippen LogP contribution is -2.19. The summed E-state index contributed by atoms with van der Waals surface area (Å²) in [5.41, 5.74) is 0.932. The number of amides is 1. The first-order valence-electron chi connectivity index (χ1n) is 8.18. The number of hydrogen-bond acceptors (Lipinski definition) is 7. The Hall–Kier alpha value is -3.81. The second-order valence-electron chi connectivity index (χ2n) is 5.43. The molecule has 0 spiro atoms. The molecule has 2 N–H and O–H groups in total. The molecule has 8 nitrogen and oxygen atoms in total. The number of carbonyl (C=O) groups excluding carboxylic acids is 3. The Kier molecular flexibility index (Phi) is 7.15. The average molecular weight is 384 g/mol. The highest BCUT2D eigenvalue weighted by atomic mass is 16.5. The maximum atomic E-state index is 12.7. The van der Waals surface area contributed by atoms with Crippen molar-refractivity contribution in [1.82, 2.24) is 0 Å². The molecule has 0 aliphatic heterocycles. The van der Waals surface area contributed by atoms with Gasteiger partial charge in [-0.15, -0.1) is 0 Å². The van der Waals surface area contributed by atoms with Gasteiger partial charge in [0.25, 0.3) is 5.91 Å². The van der Waals surface area contributed by atoms with Gasteiger partial charge in [0.05, 0.1) is 38.7 Å². The van der Waals surface area contributed by atoms with Gasteiger partial charge in [-0.25, -0.2) is 9.59 Å². The van der Waals surface area contributed by atoms with Gasteiger partial charge in [-0.1, -0.05) is 18.2 Å². The third-order valence-electron chi connectivity index (χ3n) is 3.64. The Morgan fingerprint density at radius 3 is 2.32 bits per heavy atom. The molecular weight excluding hydrogens is 364 g/mol. The van der Waals surface area contributed by atoms with E-state index in [1.165, 1.54) is 21.3 Å². The molecule has 0 atom stereocenters. The van der Waals surface area contributed by atoms with Crippen LogP contribution in [0.1, 0.15) is 10.4 Å². The molecule has 0 bridgehead atoms. The predicted molar refractivity (Wildman–Crippen MR) is 103 cm³/mol. The highest BCUT2D eigenvalue weighted by molar-refractivity contribution is 6.09. The number of nitrogens with one attached hydrogen (secondary N) is 2. The van der Waals surface area contributed by atoms with Gasteiger partial charge in [0.1, 0.15) is 11.4 Å². The van der Waals surface area contributed by atoms with Crippen LogP contribution in [0, 0.1) is 0 Å². The molecule has 8 heteroatoms. The Bertz CT molecular complexity index is 907. The van der Waals surface area contributed by atoms with Gasteiger partial charge < -0.3 is 24.8 Å². The summed E-state index contributed by atoms with van der Waals surface area (Å²) in [6.07, 6.45) is 0.947. The van der Waals surface area contributed by atoms with Crippen molar-refractivity contribution in [3.05, 3.63) is 65.9 Å². The van der Waals surface area contributed by atoms with Gasteiger partial charge in [-0.2, -0.15) is 0 Å². The highest BCUT2D eigenvalue weighted by Crippen LogP contribution is 2.21. The Balaban J connectivity index is 2.30. The number of rotatable bonds is 7. The number of hydrogen-bond donors (Lipinski definition) is 2. The molecule has 2 aromatic carbocycles. The minimum Gasteiger partial charge on any atom is -0.497 e. The molecule has 146 valence electrons. The summed E-state index contributed by atoms with van der Waals surface area (Å²) in [6.45, 7) is 0. The van der Waals surface area contributed by atoms with Crippen LogP contribution in [0.3, 0.4) is 0 Å². The third kappa shape index (κ3) is 5.34. The number of para-hydroxylation sites is 1. The van der Waals surface area contributed by atoms with E-state index in [0.29, 0.717) is 17.1 Å². The van der Waals surface area contributed by atoms with E-state index in [9.17, 15) is 14.4 Å². The van der Waals surface area contributed by atoms with E-state index < -0.39 is 17.8 Å². The molecule has 0 heterocycles. The fourth-order valence-corrected chi connectivity index (χ4v) is 2.27. The smallest absolute Gasteiger partial charge is 0.354 e. The molecule has 0 saturated heterocycles. The lowest BCUT2D eigenvalue weighted by atomic mass is 10.1. The molecule has 0 aliphatic carbocycles. The monoisotopic (exact) mass is 384 g/mol. The molecule has 0 aliphatic rings. The molecular formula is C20H20N2O6. The topological polar surface area (TPSA) is 103 Å². The first-order chi connectivity index (χ1) is 13.5. The summed E-state index contributed by atoms with van der Waals surface area (Å²) in [5, 5.41) is 5.51. The Labute approximate surface area is 162 Å². The van der Waals surface area contributed by atoms with Crippen LogP contribution in [0.4, 0.5) is 11.4 Å². The van der Waals surface area contributed by atoms with Crippen LogP contribution in [0.2, 0.25) is 0 Å². The number of esters is 2. The van der Waals surface area contributed by atoms with Crippen molar-refractivity contribution in [2.24, 2.45) is 0 Å². The summed E-state index contributed by atoms with van der Waals surface area (Å²) in [5.74, 6) is -1.35.